The van der Waals surface area contributed by atoms with Crippen molar-refractivity contribution in [3.8, 4) is 0 Å². The molecular weight excluding hydrogens is 368 g/mol. The fourth-order valence-electron chi connectivity index (χ4n) is 1.95. The van der Waals surface area contributed by atoms with E-state index < -0.39 is 0 Å². The van der Waals surface area contributed by atoms with Crippen LogP contribution >= 0.6 is 0 Å². The first-order valence-corrected chi connectivity index (χ1v) is 8.45. The highest BCUT2D eigenvalue weighted by Gasteiger charge is 1.94. The van der Waals surface area contributed by atoms with Crippen molar-refractivity contribution >= 4 is 17.5 Å². The molecule has 3 rings (SSSR count). The van der Waals surface area contributed by atoms with Gasteiger partial charge in [0.1, 0.15) is 5.84 Å². The Kier molecular flexibility index (Phi) is 10.1. The van der Waals surface area contributed by atoms with Crippen molar-refractivity contribution in [1.29, 1.82) is 5.41 Å². The summed E-state index contributed by atoms with van der Waals surface area (Å²) in [4.78, 5) is 0. The molecule has 0 amide bonds. The monoisotopic (exact) mass is 392 g/mol. The third kappa shape index (κ3) is 8.74. The van der Waals surface area contributed by atoms with Crippen molar-refractivity contribution in [2.45, 2.75) is 0 Å². The van der Waals surface area contributed by atoms with E-state index in [0.717, 1.165) is 16.7 Å². The van der Waals surface area contributed by atoms with Crippen molar-refractivity contribution < 1.29 is 10.4 Å². The van der Waals surface area contributed by atoms with Crippen molar-refractivity contribution in [2.75, 3.05) is 0 Å². The highest BCUT2D eigenvalue weighted by molar-refractivity contribution is 5.97. The molecule has 0 aromatic heterocycles. The van der Waals surface area contributed by atoms with E-state index in [1.165, 1.54) is 0 Å². The zero-order valence-corrected chi connectivity index (χ0v) is 15.7. The lowest BCUT2D eigenvalue weighted by Crippen LogP contribution is -2.12. The maximum atomic E-state index is 8.25. The van der Waals surface area contributed by atoms with Crippen LogP contribution in [0.4, 0.5) is 0 Å². The number of hydrogen-bond donors (Lipinski definition) is 6. The van der Waals surface area contributed by atoms with Crippen molar-refractivity contribution in [3.05, 3.63) is 108 Å². The Balaban J connectivity index is 0.000000218. The molecule has 0 aliphatic carbocycles. The van der Waals surface area contributed by atoms with E-state index in [4.69, 9.17) is 33.0 Å². The number of nitrogen functional groups attached to an aromatic ring is 1. The summed E-state index contributed by atoms with van der Waals surface area (Å²) in [7, 11) is 0. The predicted octanol–water partition coefficient (Wildman–Crippen LogP) is 2.53. The van der Waals surface area contributed by atoms with Gasteiger partial charge in [0.15, 0.2) is 11.7 Å². The van der Waals surface area contributed by atoms with Gasteiger partial charge in [-0.15, -0.1) is 0 Å². The maximum absolute atomic E-state index is 8.25. The molecule has 150 valence electrons. The SMILES string of the molecule is N=C(N)c1ccccc1.NC(=NO)c1ccccc1.NC(=NO)c1ccccc1. The zero-order chi connectivity index (χ0) is 21.5. The molecule has 8 nitrogen and oxygen atoms in total. The minimum Gasteiger partial charge on any atom is -0.409 e. The van der Waals surface area contributed by atoms with Gasteiger partial charge >= 0.3 is 0 Å². The molecule has 0 aliphatic heterocycles. The van der Waals surface area contributed by atoms with Crippen LogP contribution in [0.2, 0.25) is 0 Å². The number of rotatable bonds is 3. The normalized spacial score (nSPS) is 10.6. The average molecular weight is 392 g/mol. The summed E-state index contributed by atoms with van der Waals surface area (Å²) < 4.78 is 0. The van der Waals surface area contributed by atoms with E-state index in [1.807, 2.05) is 66.7 Å². The summed E-state index contributed by atoms with van der Waals surface area (Å²) in [6.45, 7) is 0. The van der Waals surface area contributed by atoms with Gasteiger partial charge in [0.2, 0.25) is 0 Å². The Morgan fingerprint density at radius 2 is 0.828 bits per heavy atom. The molecule has 0 unspecified atom stereocenters. The maximum Gasteiger partial charge on any atom is 0.170 e. The fourth-order valence-corrected chi connectivity index (χ4v) is 1.95. The van der Waals surface area contributed by atoms with E-state index in [-0.39, 0.29) is 17.5 Å². The smallest absolute Gasteiger partial charge is 0.170 e. The molecule has 0 fully saturated rings. The number of oxime groups is 2. The lowest BCUT2D eigenvalue weighted by Gasteiger charge is -1.94. The zero-order valence-electron chi connectivity index (χ0n) is 15.7. The molecule has 8 heteroatoms. The summed E-state index contributed by atoms with van der Waals surface area (Å²) in [6.07, 6.45) is 0. The van der Waals surface area contributed by atoms with Crippen LogP contribution < -0.4 is 17.2 Å². The highest BCUT2D eigenvalue weighted by Crippen LogP contribution is 1.97. The molecule has 0 saturated carbocycles. The van der Waals surface area contributed by atoms with E-state index >= 15 is 0 Å². The molecule has 29 heavy (non-hydrogen) atoms. The molecule has 0 bridgehead atoms. The number of amidine groups is 3. The van der Waals surface area contributed by atoms with Crippen LogP contribution in [0.1, 0.15) is 16.7 Å². The number of hydrogen-bond acceptors (Lipinski definition) is 5. The van der Waals surface area contributed by atoms with Gasteiger partial charge in [-0.25, -0.2) is 0 Å². The standard InChI is InChI=1S/2C7H8N2O.C7H8N2/c2*8-7(9-10)6-4-2-1-3-5-6;8-7(9)6-4-2-1-3-5-6/h2*1-5,10H,(H2,8,9);1-5H,(H3,8,9). The second-order valence-corrected chi connectivity index (χ2v) is 5.48. The van der Waals surface area contributed by atoms with Crippen molar-refractivity contribution in [1.82, 2.24) is 0 Å². The number of nitrogens with one attached hydrogen (secondary N) is 1. The van der Waals surface area contributed by atoms with Gasteiger partial charge in [0.25, 0.3) is 0 Å². The van der Waals surface area contributed by atoms with Gasteiger partial charge in [-0.05, 0) is 0 Å². The van der Waals surface area contributed by atoms with E-state index in [9.17, 15) is 0 Å². The molecule has 0 spiro atoms. The molecule has 9 N–H and O–H groups in total. The van der Waals surface area contributed by atoms with E-state index in [0.29, 0.717) is 0 Å². The topological polar surface area (TPSA) is 167 Å². The van der Waals surface area contributed by atoms with Gasteiger partial charge in [-0.1, -0.05) is 101 Å². The van der Waals surface area contributed by atoms with Crippen LogP contribution in [0, 0.1) is 5.41 Å². The molecule has 0 atom stereocenters. The van der Waals surface area contributed by atoms with Gasteiger partial charge in [0.05, 0.1) is 0 Å². The first-order chi connectivity index (χ1) is 14.0. The molecular formula is C21H24N6O2. The Morgan fingerprint density at radius 1 is 0.552 bits per heavy atom. The molecule has 0 heterocycles. The van der Waals surface area contributed by atoms with Gasteiger partial charge in [-0.2, -0.15) is 0 Å². The largest absolute Gasteiger partial charge is 0.409 e. The minimum atomic E-state index is 0.121. The molecule has 0 radical (unpaired) electrons. The van der Waals surface area contributed by atoms with Gasteiger partial charge < -0.3 is 27.6 Å². The van der Waals surface area contributed by atoms with Crippen LogP contribution in [-0.4, -0.2) is 27.9 Å². The summed E-state index contributed by atoms with van der Waals surface area (Å²) >= 11 is 0. The van der Waals surface area contributed by atoms with E-state index in [1.54, 1.807) is 24.3 Å². The first-order valence-electron chi connectivity index (χ1n) is 8.45. The van der Waals surface area contributed by atoms with Crippen molar-refractivity contribution in [3.63, 3.8) is 0 Å². The molecule has 0 aliphatic rings. The number of nitrogens with two attached hydrogens (primary N) is 3. The first kappa shape index (κ1) is 22.7. The number of nitrogens with zero attached hydrogens (tertiary/aromatic N) is 2. The van der Waals surface area contributed by atoms with Crippen molar-refractivity contribution in [2.24, 2.45) is 27.5 Å². The lowest BCUT2D eigenvalue weighted by atomic mass is 10.2. The van der Waals surface area contributed by atoms with Crippen LogP contribution in [0.5, 0.6) is 0 Å². The molecule has 3 aromatic carbocycles. The summed E-state index contributed by atoms with van der Waals surface area (Å²) in [5.41, 5.74) is 18.0. The third-order valence-electron chi connectivity index (χ3n) is 3.44. The van der Waals surface area contributed by atoms with E-state index in [2.05, 4.69) is 10.3 Å². The van der Waals surface area contributed by atoms with Crippen LogP contribution in [-0.2, 0) is 0 Å². The lowest BCUT2D eigenvalue weighted by molar-refractivity contribution is 0.318. The Bertz CT molecular complexity index is 860. The highest BCUT2D eigenvalue weighted by atomic mass is 16.4. The fraction of sp³-hybridized carbons (Fsp3) is 0. The van der Waals surface area contributed by atoms with Crippen LogP contribution in [0.3, 0.4) is 0 Å². The summed E-state index contributed by atoms with van der Waals surface area (Å²) in [5.74, 6) is 0.400. The van der Waals surface area contributed by atoms with Gasteiger partial charge in [0, 0.05) is 16.7 Å². The Morgan fingerprint density at radius 3 is 1.03 bits per heavy atom. The van der Waals surface area contributed by atoms with Crippen LogP contribution in [0.15, 0.2) is 101 Å². The third-order valence-corrected chi connectivity index (χ3v) is 3.44. The second-order valence-electron chi connectivity index (χ2n) is 5.48. The quantitative estimate of drug-likeness (QED) is 0.174. The Labute approximate surface area is 169 Å². The summed E-state index contributed by atoms with van der Waals surface area (Å²) in [5, 5.41) is 29.2. The second kappa shape index (κ2) is 12.9. The summed E-state index contributed by atoms with van der Waals surface area (Å²) in [6, 6.07) is 27.4. The molecule has 3 aromatic rings. The molecule has 0 saturated heterocycles. The average Bonchev–Trinajstić information content (AvgIpc) is 2.80. The minimum absolute atomic E-state index is 0.121. The van der Waals surface area contributed by atoms with Gasteiger partial charge in [-0.3, -0.25) is 5.41 Å². The predicted molar refractivity (Wildman–Crippen MR) is 115 cm³/mol. The Hall–Kier alpha value is -4.33. The number of benzene rings is 3. The van der Waals surface area contributed by atoms with Crippen LogP contribution in [0.25, 0.3) is 0 Å².